The molecule has 1 aliphatic carbocycles. The third-order valence-electron chi connectivity index (χ3n) is 3.10. The molecule has 0 N–H and O–H groups in total. The Labute approximate surface area is 105 Å². The summed E-state index contributed by atoms with van der Waals surface area (Å²) in [5, 5.41) is 3.61. The summed E-state index contributed by atoms with van der Waals surface area (Å²) >= 11 is 0. The first-order chi connectivity index (χ1) is 8.83. The van der Waals surface area contributed by atoms with Gasteiger partial charge in [-0.2, -0.15) is 0 Å². The average Bonchev–Trinajstić information content (AvgIpc) is 2.90. The molecule has 4 heteroatoms. The van der Waals surface area contributed by atoms with E-state index >= 15 is 0 Å². The van der Waals surface area contributed by atoms with Gasteiger partial charge in [-0.25, -0.2) is 0 Å². The molecule has 3 rings (SSSR count). The Bertz CT molecular complexity index is 560. The second-order valence-corrected chi connectivity index (χ2v) is 4.36. The number of ketones is 1. The SMILES string of the molecule is O=C1CCCc2ccc(OCc3ccno3)cc21. The zero-order valence-corrected chi connectivity index (χ0v) is 9.89. The first-order valence-electron chi connectivity index (χ1n) is 6.01. The minimum Gasteiger partial charge on any atom is -0.486 e. The number of fused-ring (bicyclic) bond motifs is 1. The quantitative estimate of drug-likeness (QED) is 0.831. The number of aromatic nitrogens is 1. The Kier molecular flexibility index (Phi) is 2.84. The van der Waals surface area contributed by atoms with Crippen LogP contribution in [0.4, 0.5) is 0 Å². The van der Waals surface area contributed by atoms with Gasteiger partial charge in [0.05, 0.1) is 6.20 Å². The lowest BCUT2D eigenvalue weighted by Gasteiger charge is -2.15. The van der Waals surface area contributed by atoms with E-state index in [-0.39, 0.29) is 5.78 Å². The molecule has 2 aromatic rings. The number of benzene rings is 1. The minimum atomic E-state index is 0.210. The molecule has 1 aliphatic rings. The number of ether oxygens (including phenoxy) is 1. The van der Waals surface area contributed by atoms with Gasteiger partial charge in [0.2, 0.25) is 0 Å². The fraction of sp³-hybridized carbons (Fsp3) is 0.286. The van der Waals surface area contributed by atoms with E-state index in [2.05, 4.69) is 5.16 Å². The van der Waals surface area contributed by atoms with Crippen LogP contribution in [-0.2, 0) is 13.0 Å². The van der Waals surface area contributed by atoms with Crippen LogP contribution in [0.5, 0.6) is 5.75 Å². The maximum atomic E-state index is 11.8. The standard InChI is InChI=1S/C14H13NO3/c16-14-3-1-2-10-4-5-11(8-13(10)14)17-9-12-6-7-15-18-12/h4-8H,1-3,9H2. The zero-order chi connectivity index (χ0) is 12.4. The number of Topliss-reactive ketones (excluding diaryl/α,β-unsaturated/α-hetero) is 1. The molecule has 0 atom stereocenters. The Hall–Kier alpha value is -2.10. The monoisotopic (exact) mass is 243 g/mol. The van der Waals surface area contributed by atoms with E-state index < -0.39 is 0 Å². The summed E-state index contributed by atoms with van der Waals surface area (Å²) in [6.45, 7) is 0.326. The van der Waals surface area contributed by atoms with Crippen molar-refractivity contribution < 1.29 is 14.1 Å². The van der Waals surface area contributed by atoms with Gasteiger partial charge in [0.1, 0.15) is 12.4 Å². The molecule has 0 fully saturated rings. The summed E-state index contributed by atoms with van der Waals surface area (Å²) in [7, 11) is 0. The lowest BCUT2D eigenvalue weighted by molar-refractivity contribution is 0.0972. The van der Waals surface area contributed by atoms with E-state index in [0.29, 0.717) is 24.5 Å². The van der Waals surface area contributed by atoms with Gasteiger partial charge < -0.3 is 9.26 Å². The number of aryl methyl sites for hydroxylation is 1. The molecular formula is C14H13NO3. The number of rotatable bonds is 3. The summed E-state index contributed by atoms with van der Waals surface area (Å²) in [5.74, 6) is 1.57. The van der Waals surface area contributed by atoms with Crippen LogP contribution in [0.15, 0.2) is 35.0 Å². The molecule has 92 valence electrons. The molecule has 0 aliphatic heterocycles. The molecule has 0 bridgehead atoms. The van der Waals surface area contributed by atoms with E-state index in [1.54, 1.807) is 12.3 Å². The number of carbonyl (C=O) groups is 1. The predicted molar refractivity (Wildman–Crippen MR) is 64.5 cm³/mol. The van der Waals surface area contributed by atoms with Crippen molar-refractivity contribution in [1.82, 2.24) is 5.16 Å². The molecule has 0 saturated carbocycles. The number of hydrogen-bond donors (Lipinski definition) is 0. The van der Waals surface area contributed by atoms with Crippen LogP contribution in [0.3, 0.4) is 0 Å². The van der Waals surface area contributed by atoms with Crippen LogP contribution >= 0.6 is 0 Å². The number of nitrogens with zero attached hydrogens (tertiary/aromatic N) is 1. The topological polar surface area (TPSA) is 52.3 Å². The van der Waals surface area contributed by atoms with E-state index in [9.17, 15) is 4.79 Å². The molecule has 0 radical (unpaired) electrons. The molecular weight excluding hydrogens is 230 g/mol. The second kappa shape index (κ2) is 4.64. The third-order valence-corrected chi connectivity index (χ3v) is 3.10. The van der Waals surface area contributed by atoms with Gasteiger partial charge in [-0.15, -0.1) is 0 Å². The summed E-state index contributed by atoms with van der Waals surface area (Å²) in [4.78, 5) is 11.8. The molecule has 1 aromatic carbocycles. The van der Waals surface area contributed by atoms with Crippen LogP contribution in [0, 0.1) is 0 Å². The molecule has 0 amide bonds. The van der Waals surface area contributed by atoms with E-state index in [4.69, 9.17) is 9.26 Å². The van der Waals surface area contributed by atoms with Crippen molar-refractivity contribution in [1.29, 1.82) is 0 Å². The van der Waals surface area contributed by atoms with Gasteiger partial charge in [0, 0.05) is 18.1 Å². The fourth-order valence-electron chi connectivity index (χ4n) is 2.17. The van der Waals surface area contributed by atoms with Crippen LogP contribution in [0.1, 0.15) is 34.5 Å². The second-order valence-electron chi connectivity index (χ2n) is 4.36. The maximum absolute atomic E-state index is 11.8. The maximum Gasteiger partial charge on any atom is 0.174 e. The molecule has 0 spiro atoms. The van der Waals surface area contributed by atoms with Crippen molar-refractivity contribution in [2.75, 3.05) is 0 Å². The Morgan fingerprint density at radius 1 is 1.28 bits per heavy atom. The first kappa shape index (κ1) is 11.0. The van der Waals surface area contributed by atoms with Gasteiger partial charge in [0.15, 0.2) is 11.5 Å². The Balaban J connectivity index is 1.77. The highest BCUT2D eigenvalue weighted by molar-refractivity contribution is 5.98. The highest BCUT2D eigenvalue weighted by Crippen LogP contribution is 2.25. The van der Waals surface area contributed by atoms with Gasteiger partial charge >= 0.3 is 0 Å². The van der Waals surface area contributed by atoms with Crippen molar-refractivity contribution in [2.24, 2.45) is 0 Å². The van der Waals surface area contributed by atoms with Crippen molar-refractivity contribution in [3.05, 3.63) is 47.3 Å². The van der Waals surface area contributed by atoms with Crippen LogP contribution in [0.2, 0.25) is 0 Å². The Morgan fingerprint density at radius 2 is 2.22 bits per heavy atom. The summed E-state index contributed by atoms with van der Waals surface area (Å²) in [6, 6.07) is 7.45. The normalized spacial score (nSPS) is 14.3. The largest absolute Gasteiger partial charge is 0.486 e. The van der Waals surface area contributed by atoms with E-state index in [1.165, 1.54) is 0 Å². The first-order valence-corrected chi connectivity index (χ1v) is 6.01. The smallest absolute Gasteiger partial charge is 0.174 e. The zero-order valence-electron chi connectivity index (χ0n) is 9.89. The lowest BCUT2D eigenvalue weighted by atomic mass is 9.90. The van der Waals surface area contributed by atoms with Crippen LogP contribution in [0.25, 0.3) is 0 Å². The average molecular weight is 243 g/mol. The summed E-state index contributed by atoms with van der Waals surface area (Å²) in [5.41, 5.74) is 1.93. The molecule has 4 nitrogen and oxygen atoms in total. The molecule has 0 unspecified atom stereocenters. The summed E-state index contributed by atoms with van der Waals surface area (Å²) in [6.07, 6.45) is 4.14. The molecule has 0 saturated heterocycles. The van der Waals surface area contributed by atoms with Gasteiger partial charge in [-0.05, 0) is 30.5 Å². The van der Waals surface area contributed by atoms with Crippen molar-refractivity contribution in [3.8, 4) is 5.75 Å². The molecule has 18 heavy (non-hydrogen) atoms. The number of hydrogen-bond acceptors (Lipinski definition) is 4. The summed E-state index contributed by atoms with van der Waals surface area (Å²) < 4.78 is 10.5. The molecule has 1 aromatic heterocycles. The Morgan fingerprint density at radius 3 is 3.06 bits per heavy atom. The van der Waals surface area contributed by atoms with Crippen molar-refractivity contribution in [2.45, 2.75) is 25.9 Å². The highest BCUT2D eigenvalue weighted by atomic mass is 16.5. The van der Waals surface area contributed by atoms with Crippen LogP contribution < -0.4 is 4.74 Å². The van der Waals surface area contributed by atoms with Gasteiger partial charge in [-0.1, -0.05) is 11.2 Å². The minimum absolute atomic E-state index is 0.210. The molecule has 1 heterocycles. The fourth-order valence-corrected chi connectivity index (χ4v) is 2.17. The van der Waals surface area contributed by atoms with Crippen molar-refractivity contribution >= 4 is 5.78 Å². The van der Waals surface area contributed by atoms with Crippen molar-refractivity contribution in [3.63, 3.8) is 0 Å². The van der Waals surface area contributed by atoms with Gasteiger partial charge in [0.25, 0.3) is 0 Å². The van der Waals surface area contributed by atoms with E-state index in [0.717, 1.165) is 24.0 Å². The van der Waals surface area contributed by atoms with E-state index in [1.807, 2.05) is 18.2 Å². The van der Waals surface area contributed by atoms with Gasteiger partial charge in [-0.3, -0.25) is 4.79 Å². The number of carbonyl (C=O) groups excluding carboxylic acids is 1. The lowest BCUT2D eigenvalue weighted by Crippen LogP contribution is -2.10. The highest BCUT2D eigenvalue weighted by Gasteiger charge is 2.17. The predicted octanol–water partition coefficient (Wildman–Crippen LogP) is 2.77. The van der Waals surface area contributed by atoms with Crippen LogP contribution in [-0.4, -0.2) is 10.9 Å². The third kappa shape index (κ3) is 2.14.